The molecule has 0 radical (unpaired) electrons. The quantitative estimate of drug-likeness (QED) is 0.549. The summed E-state index contributed by atoms with van der Waals surface area (Å²) in [5, 5.41) is 0. The van der Waals surface area contributed by atoms with Gasteiger partial charge in [-0.05, 0) is 0 Å². The monoisotopic (exact) mass is 494 g/mol. The van der Waals surface area contributed by atoms with Gasteiger partial charge in [0.25, 0.3) is 5.56 Å². The molecule has 2 heterocycles. The Balaban J connectivity index is 0.000000357. The van der Waals surface area contributed by atoms with Gasteiger partial charge in [0.15, 0.2) is 11.2 Å². The number of hydrogen-bond donors (Lipinski definition) is 0. The number of nitrogens with zero attached hydrogens (tertiary/aromatic N) is 4. The van der Waals surface area contributed by atoms with Gasteiger partial charge in [-0.3, -0.25) is 13.9 Å². The van der Waals surface area contributed by atoms with Crippen LogP contribution in [0, 0.1) is 0 Å². The van der Waals surface area contributed by atoms with E-state index in [9.17, 15) is 9.59 Å². The normalized spacial score (nSPS) is 11.1. The van der Waals surface area contributed by atoms with E-state index in [0.29, 0.717) is 11.2 Å². The van der Waals surface area contributed by atoms with Crippen molar-refractivity contribution < 1.29 is 14.2 Å². The van der Waals surface area contributed by atoms with Crippen molar-refractivity contribution >= 4 is 39.4 Å². The van der Waals surface area contributed by atoms with E-state index in [-0.39, 0.29) is 11.2 Å². The summed E-state index contributed by atoms with van der Waals surface area (Å²) in [4.78, 5) is 27.2. The van der Waals surface area contributed by atoms with Crippen molar-refractivity contribution in [3.05, 3.63) is 27.2 Å². The first-order valence-corrected chi connectivity index (χ1v) is 12.9. The zero-order chi connectivity index (χ0) is 14.0. The van der Waals surface area contributed by atoms with Gasteiger partial charge in [-0.1, -0.05) is 0 Å². The van der Waals surface area contributed by atoms with E-state index in [1.807, 2.05) is 0 Å². The Hall–Kier alpha value is -0.292. The second-order valence-corrected chi connectivity index (χ2v) is 13.2. The molecule has 0 spiro atoms. The van der Waals surface area contributed by atoms with E-state index in [4.69, 9.17) is 28.3 Å². The molecule has 0 atom stereocenters. The molecule has 0 unspecified atom stereocenters. The Morgan fingerprint density at radius 2 is 1.61 bits per heavy atom. The van der Waals surface area contributed by atoms with Crippen molar-refractivity contribution in [3.8, 4) is 0 Å². The molecule has 0 N–H and O–H groups in total. The zero-order valence-corrected chi connectivity index (χ0v) is 14.2. The van der Waals surface area contributed by atoms with Crippen LogP contribution in [0.5, 0.6) is 0 Å². The number of halogens is 3. The standard InChI is InChI=1S/C8H10N4O2.3ClH.Pt/c1-10-4-9-6-5(10)7(13)12(3)8(14)11(6)2;;;;/h4H,1-3H3;3*1H;/q;;;;+3/p-3. The average molecular weight is 496 g/mol. The van der Waals surface area contributed by atoms with Crippen LogP contribution >= 0.6 is 28.3 Å². The van der Waals surface area contributed by atoms with E-state index in [1.54, 1.807) is 18.7 Å². The molecular weight excluding hydrogens is 486 g/mol. The van der Waals surface area contributed by atoms with Gasteiger partial charge in [0.1, 0.15) is 0 Å². The molecule has 2 aromatic heterocycles. The van der Waals surface area contributed by atoms with E-state index in [1.165, 1.54) is 17.9 Å². The molecule has 0 aliphatic carbocycles. The number of rotatable bonds is 0. The van der Waals surface area contributed by atoms with Crippen molar-refractivity contribution in [2.24, 2.45) is 21.1 Å². The fraction of sp³-hybridized carbons (Fsp3) is 0.375. The Labute approximate surface area is 120 Å². The molecule has 6 nitrogen and oxygen atoms in total. The first-order chi connectivity index (χ1) is 8.27. The Kier molecular flexibility index (Phi) is 5.46. The number of hydrogen-bond acceptors (Lipinski definition) is 3. The topological polar surface area (TPSA) is 61.8 Å². The summed E-state index contributed by atoms with van der Waals surface area (Å²) >= 11 is -1.85. The van der Waals surface area contributed by atoms with Crippen molar-refractivity contribution in [1.82, 2.24) is 18.7 Å². The van der Waals surface area contributed by atoms with E-state index < -0.39 is 14.2 Å². The van der Waals surface area contributed by atoms with Gasteiger partial charge in [-0.15, -0.1) is 0 Å². The fourth-order valence-corrected chi connectivity index (χ4v) is 1.47. The summed E-state index contributed by atoms with van der Waals surface area (Å²) in [7, 11) is 19.7. The number of fused-ring (bicyclic) bond motifs is 1. The molecule has 2 aromatic rings. The van der Waals surface area contributed by atoms with Crippen LogP contribution in [0.25, 0.3) is 11.2 Å². The van der Waals surface area contributed by atoms with Crippen LogP contribution in [0.3, 0.4) is 0 Å². The zero-order valence-electron chi connectivity index (χ0n) is 9.63. The molecule has 2 rings (SSSR count). The molecule has 0 saturated heterocycles. The summed E-state index contributed by atoms with van der Waals surface area (Å²) < 4.78 is 4.04. The van der Waals surface area contributed by atoms with Crippen LogP contribution in [-0.4, -0.2) is 18.7 Å². The Bertz CT molecular complexity index is 673. The maximum atomic E-state index is 11.7. The minimum absolute atomic E-state index is 0.317. The average Bonchev–Trinajstić information content (AvgIpc) is 2.65. The number of imidazole rings is 1. The predicted molar refractivity (Wildman–Crippen MR) is 68.8 cm³/mol. The molecule has 0 saturated carbocycles. The van der Waals surface area contributed by atoms with Gasteiger partial charge in [0.2, 0.25) is 0 Å². The molecule has 0 amide bonds. The van der Waals surface area contributed by atoms with Crippen LogP contribution < -0.4 is 11.2 Å². The molecular formula is C8H10Cl3N4O2Pt. The van der Waals surface area contributed by atoms with E-state index in [2.05, 4.69) is 4.98 Å². The molecule has 0 aromatic carbocycles. The van der Waals surface area contributed by atoms with Gasteiger partial charge < -0.3 is 4.57 Å². The van der Waals surface area contributed by atoms with Crippen LogP contribution in [0.15, 0.2) is 15.9 Å². The Morgan fingerprint density at radius 1 is 1.11 bits per heavy atom. The fourth-order valence-electron chi connectivity index (χ4n) is 1.47. The van der Waals surface area contributed by atoms with Gasteiger partial charge in [0, 0.05) is 21.1 Å². The van der Waals surface area contributed by atoms with Crippen molar-refractivity contribution in [2.45, 2.75) is 0 Å². The first-order valence-electron chi connectivity index (χ1n) is 4.47. The first kappa shape index (κ1) is 15.8. The second-order valence-electron chi connectivity index (χ2n) is 3.37. The summed E-state index contributed by atoms with van der Waals surface area (Å²) in [5.74, 6) is 0. The Morgan fingerprint density at radius 3 is 2.11 bits per heavy atom. The van der Waals surface area contributed by atoms with Crippen LogP contribution in [0.1, 0.15) is 0 Å². The third-order valence-electron chi connectivity index (χ3n) is 2.32. The van der Waals surface area contributed by atoms with Crippen molar-refractivity contribution in [2.75, 3.05) is 0 Å². The summed E-state index contributed by atoms with van der Waals surface area (Å²) in [5.41, 5.74) is 0.180. The third kappa shape index (κ3) is 3.18. The van der Waals surface area contributed by atoms with Gasteiger partial charge in [-0.25, -0.2) is 9.78 Å². The number of aromatic nitrogens is 4. The van der Waals surface area contributed by atoms with Gasteiger partial charge >= 0.3 is 48.1 Å². The predicted octanol–water partition coefficient (Wildman–Crippen LogP) is 1.04. The van der Waals surface area contributed by atoms with Crippen LogP contribution in [0.2, 0.25) is 0 Å². The summed E-state index contributed by atoms with van der Waals surface area (Å²) in [6.45, 7) is 0. The molecule has 10 heteroatoms. The molecule has 0 aliphatic rings. The van der Waals surface area contributed by atoms with Crippen molar-refractivity contribution in [1.29, 1.82) is 0 Å². The number of aryl methyl sites for hydroxylation is 2. The maximum absolute atomic E-state index is 11.7. The second kappa shape index (κ2) is 6.24. The summed E-state index contributed by atoms with van der Waals surface area (Å²) in [6, 6.07) is 0. The van der Waals surface area contributed by atoms with E-state index >= 15 is 0 Å². The third-order valence-corrected chi connectivity index (χ3v) is 2.32. The van der Waals surface area contributed by atoms with Crippen LogP contribution in [-0.2, 0) is 35.3 Å². The SMILES string of the molecule is Cn1c(=O)c2c(ncn2C)n(C)c1=O.[Cl][Pt]([Cl])[Cl]. The molecule has 0 aliphatic heterocycles. The van der Waals surface area contributed by atoms with Gasteiger partial charge in [-0.2, -0.15) is 0 Å². The van der Waals surface area contributed by atoms with Gasteiger partial charge in [0.05, 0.1) is 6.33 Å². The minimum atomic E-state index is -1.85. The molecule has 0 bridgehead atoms. The van der Waals surface area contributed by atoms with E-state index in [0.717, 1.165) is 4.57 Å². The van der Waals surface area contributed by atoms with Crippen LogP contribution in [0.4, 0.5) is 0 Å². The molecule has 18 heavy (non-hydrogen) atoms. The van der Waals surface area contributed by atoms with Crippen molar-refractivity contribution in [3.63, 3.8) is 0 Å². The molecule has 105 valence electrons. The summed E-state index contributed by atoms with van der Waals surface area (Å²) in [6.07, 6.45) is 1.52. The molecule has 0 fully saturated rings.